The number of esters is 1. The number of carbonyl (C=O) groups excluding carboxylic acids is 2. The first-order valence-electron chi connectivity index (χ1n) is 6.68. The molecule has 1 fully saturated rings. The van der Waals surface area contributed by atoms with Gasteiger partial charge in [0.05, 0.1) is 13.1 Å². The highest BCUT2D eigenvalue weighted by Gasteiger charge is 2.38. The molecule has 1 saturated heterocycles. The summed E-state index contributed by atoms with van der Waals surface area (Å²) in [5.74, 6) is -0.448. The second-order valence-corrected chi connectivity index (χ2v) is 9.68. The minimum atomic E-state index is -0.541. The monoisotopic (exact) mass is 437 g/mol. The lowest BCUT2D eigenvalue weighted by Gasteiger charge is -2.27. The summed E-state index contributed by atoms with van der Waals surface area (Å²) >= 11 is 8.21. The summed E-state index contributed by atoms with van der Waals surface area (Å²) in [6.07, 6.45) is 1.47. The van der Waals surface area contributed by atoms with E-state index in [1.165, 1.54) is 11.3 Å². The van der Waals surface area contributed by atoms with Gasteiger partial charge in [0.25, 0.3) is 5.91 Å². The van der Waals surface area contributed by atoms with Crippen LogP contribution in [-0.2, 0) is 9.53 Å². The average molecular weight is 439 g/mol. The van der Waals surface area contributed by atoms with E-state index in [0.717, 1.165) is 14.0 Å². The van der Waals surface area contributed by atoms with Gasteiger partial charge in [0, 0.05) is 6.54 Å². The van der Waals surface area contributed by atoms with Gasteiger partial charge >= 0.3 is 5.97 Å². The van der Waals surface area contributed by atoms with Crippen molar-refractivity contribution < 1.29 is 14.3 Å². The molecular formula is C14H17Br2NO3S. The molecule has 1 aliphatic heterocycles. The van der Waals surface area contributed by atoms with Crippen molar-refractivity contribution in [2.45, 2.75) is 45.3 Å². The van der Waals surface area contributed by atoms with Crippen LogP contribution in [0, 0.1) is 0 Å². The van der Waals surface area contributed by atoms with Crippen LogP contribution in [-0.4, -0.2) is 35.0 Å². The number of rotatable bonds is 2. The van der Waals surface area contributed by atoms with Gasteiger partial charge in [0.15, 0.2) is 0 Å². The standard InChI is InChI=1S/C14H17Br2NO3S/c1-14(2,3)20-13(19)9-5-4-6-17(9)12(18)8-7-10(15)21-11(8)16/h7,9H,4-6H2,1-3H3/t9-/m0/s1. The highest BCUT2D eigenvalue weighted by Crippen LogP contribution is 2.34. The fourth-order valence-electron chi connectivity index (χ4n) is 2.27. The van der Waals surface area contributed by atoms with Crippen LogP contribution in [0.25, 0.3) is 0 Å². The Hall–Kier alpha value is -0.400. The molecule has 0 spiro atoms. The molecule has 4 nitrogen and oxygen atoms in total. The minimum absolute atomic E-state index is 0.128. The topological polar surface area (TPSA) is 46.6 Å². The fourth-order valence-corrected chi connectivity index (χ4v) is 5.04. The Bertz CT molecular complexity index is 565. The van der Waals surface area contributed by atoms with Gasteiger partial charge in [-0.15, -0.1) is 11.3 Å². The first-order chi connectivity index (χ1) is 9.69. The molecule has 116 valence electrons. The molecule has 1 amide bonds. The highest BCUT2D eigenvalue weighted by molar-refractivity contribution is 9.12. The molecular weight excluding hydrogens is 422 g/mol. The molecule has 21 heavy (non-hydrogen) atoms. The third kappa shape index (κ3) is 4.07. The molecule has 0 N–H and O–H groups in total. The maximum atomic E-state index is 12.6. The summed E-state index contributed by atoms with van der Waals surface area (Å²) in [6.45, 7) is 6.08. The molecule has 0 unspecified atom stereocenters. The maximum Gasteiger partial charge on any atom is 0.329 e. The Morgan fingerprint density at radius 1 is 1.38 bits per heavy atom. The van der Waals surface area contributed by atoms with Crippen LogP contribution in [0.5, 0.6) is 0 Å². The maximum absolute atomic E-state index is 12.6. The van der Waals surface area contributed by atoms with Gasteiger partial charge in [0.2, 0.25) is 0 Å². The molecule has 1 atom stereocenters. The van der Waals surface area contributed by atoms with E-state index in [1.807, 2.05) is 20.8 Å². The van der Waals surface area contributed by atoms with Crippen molar-refractivity contribution in [3.05, 3.63) is 19.2 Å². The Morgan fingerprint density at radius 3 is 2.57 bits per heavy atom. The van der Waals surface area contributed by atoms with Crippen molar-refractivity contribution in [2.24, 2.45) is 0 Å². The van der Waals surface area contributed by atoms with Gasteiger partial charge in [-0.1, -0.05) is 0 Å². The summed E-state index contributed by atoms with van der Waals surface area (Å²) in [6, 6.07) is 1.30. The lowest BCUT2D eigenvalue weighted by atomic mass is 10.1. The molecule has 0 saturated carbocycles. The largest absolute Gasteiger partial charge is 0.458 e. The lowest BCUT2D eigenvalue weighted by molar-refractivity contribution is -0.159. The van der Waals surface area contributed by atoms with Crippen LogP contribution < -0.4 is 0 Å². The van der Waals surface area contributed by atoms with Crippen LogP contribution in [0.1, 0.15) is 44.0 Å². The van der Waals surface area contributed by atoms with Gasteiger partial charge < -0.3 is 9.64 Å². The minimum Gasteiger partial charge on any atom is -0.458 e. The fraction of sp³-hybridized carbons (Fsp3) is 0.571. The molecule has 2 heterocycles. The molecule has 0 radical (unpaired) electrons. The molecule has 0 aliphatic carbocycles. The summed E-state index contributed by atoms with van der Waals surface area (Å²) in [5, 5.41) is 0. The van der Waals surface area contributed by atoms with Crippen LogP contribution in [0.15, 0.2) is 13.6 Å². The Kier molecular flexibility index (Phi) is 5.15. The van der Waals surface area contributed by atoms with Crippen molar-refractivity contribution in [3.8, 4) is 0 Å². The zero-order valence-electron chi connectivity index (χ0n) is 12.1. The van der Waals surface area contributed by atoms with E-state index in [4.69, 9.17) is 4.74 Å². The van der Waals surface area contributed by atoms with Gasteiger partial charge in [-0.2, -0.15) is 0 Å². The van der Waals surface area contributed by atoms with E-state index < -0.39 is 11.6 Å². The molecule has 2 rings (SSSR count). The van der Waals surface area contributed by atoms with E-state index in [1.54, 1.807) is 11.0 Å². The number of amides is 1. The van der Waals surface area contributed by atoms with Crippen LogP contribution in [0.4, 0.5) is 0 Å². The second kappa shape index (κ2) is 6.38. The van der Waals surface area contributed by atoms with Crippen LogP contribution in [0.3, 0.4) is 0 Å². The number of hydrogen-bond acceptors (Lipinski definition) is 4. The molecule has 1 aliphatic rings. The summed E-state index contributed by atoms with van der Waals surface area (Å²) in [5.41, 5.74) is 0.0442. The number of halogens is 2. The number of nitrogens with zero attached hydrogens (tertiary/aromatic N) is 1. The SMILES string of the molecule is CC(C)(C)OC(=O)[C@@H]1CCCN1C(=O)c1cc(Br)sc1Br. The predicted octanol–water partition coefficient (Wildman–Crippen LogP) is 4.22. The van der Waals surface area contributed by atoms with Crippen molar-refractivity contribution in [1.29, 1.82) is 0 Å². The highest BCUT2D eigenvalue weighted by atomic mass is 79.9. The Balaban J connectivity index is 2.17. The van der Waals surface area contributed by atoms with Crippen molar-refractivity contribution in [2.75, 3.05) is 6.54 Å². The summed E-state index contributed by atoms with van der Waals surface area (Å²) in [4.78, 5) is 26.5. The number of carbonyl (C=O) groups is 2. The number of hydrogen-bond donors (Lipinski definition) is 0. The van der Waals surface area contributed by atoms with E-state index >= 15 is 0 Å². The second-order valence-electron chi connectivity index (χ2n) is 5.93. The Labute approximate surface area is 145 Å². The van der Waals surface area contributed by atoms with Gasteiger partial charge in [0.1, 0.15) is 11.6 Å². The lowest BCUT2D eigenvalue weighted by Crippen LogP contribution is -2.43. The smallest absolute Gasteiger partial charge is 0.329 e. The average Bonchev–Trinajstić information content (AvgIpc) is 2.92. The number of thiophene rings is 1. The molecule has 7 heteroatoms. The van der Waals surface area contributed by atoms with E-state index in [9.17, 15) is 9.59 Å². The number of likely N-dealkylation sites (tertiary alicyclic amines) is 1. The van der Waals surface area contributed by atoms with E-state index in [-0.39, 0.29) is 11.9 Å². The van der Waals surface area contributed by atoms with E-state index in [2.05, 4.69) is 31.9 Å². The molecule has 1 aromatic heterocycles. The normalized spacial score (nSPS) is 18.9. The molecule has 1 aromatic rings. The quantitative estimate of drug-likeness (QED) is 0.649. The molecule has 0 bridgehead atoms. The molecule has 0 aromatic carbocycles. The third-order valence-electron chi connectivity index (χ3n) is 3.08. The van der Waals surface area contributed by atoms with Crippen LogP contribution in [0.2, 0.25) is 0 Å². The van der Waals surface area contributed by atoms with Crippen molar-refractivity contribution in [1.82, 2.24) is 4.90 Å². The number of ether oxygens (including phenoxy) is 1. The predicted molar refractivity (Wildman–Crippen MR) is 89.6 cm³/mol. The van der Waals surface area contributed by atoms with Gasteiger partial charge in [-0.25, -0.2) is 4.79 Å². The zero-order valence-corrected chi connectivity index (χ0v) is 16.1. The summed E-state index contributed by atoms with van der Waals surface area (Å²) in [7, 11) is 0. The van der Waals surface area contributed by atoms with Crippen molar-refractivity contribution in [3.63, 3.8) is 0 Å². The van der Waals surface area contributed by atoms with Crippen LogP contribution >= 0.6 is 43.2 Å². The van der Waals surface area contributed by atoms with Gasteiger partial charge in [-0.3, -0.25) is 4.79 Å². The Morgan fingerprint density at radius 2 is 2.05 bits per heavy atom. The van der Waals surface area contributed by atoms with Gasteiger partial charge in [-0.05, 0) is 71.5 Å². The van der Waals surface area contributed by atoms with Crippen molar-refractivity contribution >= 4 is 55.1 Å². The van der Waals surface area contributed by atoms with E-state index in [0.29, 0.717) is 18.5 Å². The first kappa shape index (κ1) is 17.0. The summed E-state index contributed by atoms with van der Waals surface area (Å²) < 4.78 is 7.07. The first-order valence-corrected chi connectivity index (χ1v) is 9.08. The third-order valence-corrected chi connectivity index (χ3v) is 5.42. The zero-order chi connectivity index (χ0) is 15.8.